The second-order valence-electron chi connectivity index (χ2n) is 3.18. The topological polar surface area (TPSA) is 55.8 Å². The average molecular weight is 245 g/mol. The van der Waals surface area contributed by atoms with Crippen molar-refractivity contribution in [1.82, 2.24) is 0 Å². The molecule has 1 atom stereocenters. The minimum atomic E-state index is -0.985. The summed E-state index contributed by atoms with van der Waals surface area (Å²) in [6.45, 7) is 0. The fourth-order valence-electron chi connectivity index (χ4n) is 1.32. The molecule has 0 fully saturated rings. The Bertz CT molecular complexity index is 378. The molecule has 0 heterocycles. The second-order valence-corrected chi connectivity index (χ2v) is 3.62. The number of rotatable bonds is 4. The molecule has 0 amide bonds. The van der Waals surface area contributed by atoms with Crippen molar-refractivity contribution in [3.63, 3.8) is 0 Å². The number of aliphatic hydroxyl groups is 1. The number of carbonyl (C=O) groups is 1. The van der Waals surface area contributed by atoms with E-state index in [1.165, 1.54) is 14.2 Å². The first-order valence-corrected chi connectivity index (χ1v) is 5.04. The lowest BCUT2D eigenvalue weighted by Crippen LogP contribution is -2.09. The molecule has 1 N–H and O–H groups in total. The molecule has 0 aromatic heterocycles. The van der Waals surface area contributed by atoms with E-state index in [1.807, 2.05) is 0 Å². The van der Waals surface area contributed by atoms with Crippen molar-refractivity contribution in [1.29, 1.82) is 0 Å². The first-order valence-electron chi connectivity index (χ1n) is 4.66. The van der Waals surface area contributed by atoms with Crippen LogP contribution in [0.25, 0.3) is 0 Å². The van der Waals surface area contributed by atoms with Crippen molar-refractivity contribution < 1.29 is 19.4 Å². The van der Waals surface area contributed by atoms with Crippen molar-refractivity contribution in [3.05, 3.63) is 28.8 Å². The van der Waals surface area contributed by atoms with Gasteiger partial charge in [-0.25, -0.2) is 0 Å². The smallest absolute Gasteiger partial charge is 0.308 e. The summed E-state index contributed by atoms with van der Waals surface area (Å²) in [6, 6.07) is 4.85. The monoisotopic (exact) mass is 244 g/mol. The van der Waals surface area contributed by atoms with Crippen molar-refractivity contribution in [3.8, 4) is 5.75 Å². The molecule has 88 valence electrons. The van der Waals surface area contributed by atoms with Gasteiger partial charge in [0.1, 0.15) is 5.75 Å². The Balaban J connectivity index is 2.92. The van der Waals surface area contributed by atoms with Gasteiger partial charge in [-0.2, -0.15) is 0 Å². The zero-order valence-electron chi connectivity index (χ0n) is 9.07. The number of ether oxygens (including phenoxy) is 2. The number of aliphatic hydroxyl groups excluding tert-OH is 1. The molecule has 1 rings (SSSR count). The molecule has 0 spiro atoms. The Kier molecular flexibility index (Phi) is 4.58. The average Bonchev–Trinajstić information content (AvgIpc) is 2.28. The van der Waals surface area contributed by atoms with E-state index in [0.29, 0.717) is 16.3 Å². The molecule has 0 aliphatic heterocycles. The Hall–Kier alpha value is -1.26. The van der Waals surface area contributed by atoms with Crippen LogP contribution < -0.4 is 4.74 Å². The zero-order valence-corrected chi connectivity index (χ0v) is 9.82. The molecular formula is C11H13ClO4. The van der Waals surface area contributed by atoms with Crippen LogP contribution in [0.2, 0.25) is 5.02 Å². The standard InChI is InChI=1S/C11H13ClO4/c1-15-10-4-3-7(12)5-8(10)9(13)6-11(14)16-2/h3-5,9,13H,6H2,1-2H3/t9-/m1/s1. The van der Waals surface area contributed by atoms with E-state index in [4.69, 9.17) is 16.3 Å². The summed E-state index contributed by atoms with van der Waals surface area (Å²) in [5.74, 6) is -0.00432. The minimum Gasteiger partial charge on any atom is -0.496 e. The third-order valence-electron chi connectivity index (χ3n) is 2.14. The number of esters is 1. The van der Waals surface area contributed by atoms with Crippen LogP contribution in [-0.2, 0) is 9.53 Å². The van der Waals surface area contributed by atoms with Gasteiger partial charge in [0.15, 0.2) is 0 Å². The minimum absolute atomic E-state index is 0.132. The maximum atomic E-state index is 11.0. The maximum Gasteiger partial charge on any atom is 0.308 e. The van der Waals surface area contributed by atoms with E-state index in [0.717, 1.165) is 0 Å². The molecule has 1 aromatic carbocycles. The van der Waals surface area contributed by atoms with Crippen molar-refractivity contribution in [2.75, 3.05) is 14.2 Å². The molecule has 0 unspecified atom stereocenters. The van der Waals surface area contributed by atoms with Gasteiger partial charge in [-0.15, -0.1) is 0 Å². The number of benzene rings is 1. The first kappa shape index (κ1) is 12.8. The highest BCUT2D eigenvalue weighted by atomic mass is 35.5. The molecule has 0 saturated heterocycles. The van der Waals surface area contributed by atoms with Crippen molar-refractivity contribution in [2.45, 2.75) is 12.5 Å². The Morgan fingerprint density at radius 1 is 1.50 bits per heavy atom. The van der Waals surface area contributed by atoms with Gasteiger partial charge in [-0.05, 0) is 18.2 Å². The van der Waals surface area contributed by atoms with Gasteiger partial charge in [0.25, 0.3) is 0 Å². The van der Waals surface area contributed by atoms with E-state index in [2.05, 4.69) is 4.74 Å². The summed E-state index contributed by atoms with van der Waals surface area (Å²) in [6.07, 6.45) is -1.12. The van der Waals surface area contributed by atoms with Crippen LogP contribution in [0.1, 0.15) is 18.1 Å². The highest BCUT2D eigenvalue weighted by Gasteiger charge is 2.17. The summed E-state index contributed by atoms with van der Waals surface area (Å²) in [5, 5.41) is 10.3. The van der Waals surface area contributed by atoms with E-state index < -0.39 is 12.1 Å². The lowest BCUT2D eigenvalue weighted by Gasteiger charge is -2.14. The quantitative estimate of drug-likeness (QED) is 0.823. The van der Waals surface area contributed by atoms with Crippen LogP contribution in [0.15, 0.2) is 18.2 Å². The number of methoxy groups -OCH3 is 2. The van der Waals surface area contributed by atoms with Crippen molar-refractivity contribution >= 4 is 17.6 Å². The van der Waals surface area contributed by atoms with E-state index >= 15 is 0 Å². The molecule has 16 heavy (non-hydrogen) atoms. The van der Waals surface area contributed by atoms with E-state index in [-0.39, 0.29) is 6.42 Å². The molecule has 0 aliphatic rings. The largest absolute Gasteiger partial charge is 0.496 e. The number of hydrogen-bond donors (Lipinski definition) is 1. The normalized spacial score (nSPS) is 12.0. The predicted octanol–water partition coefficient (Wildman–Crippen LogP) is 1.95. The third-order valence-corrected chi connectivity index (χ3v) is 2.37. The van der Waals surface area contributed by atoms with Gasteiger partial charge in [-0.1, -0.05) is 11.6 Å². The Morgan fingerprint density at radius 3 is 2.75 bits per heavy atom. The lowest BCUT2D eigenvalue weighted by molar-refractivity contribution is -0.142. The number of hydrogen-bond acceptors (Lipinski definition) is 4. The van der Waals surface area contributed by atoms with Crippen LogP contribution in [0, 0.1) is 0 Å². The fourth-order valence-corrected chi connectivity index (χ4v) is 1.50. The van der Waals surface area contributed by atoms with Gasteiger partial charge >= 0.3 is 5.97 Å². The number of carbonyl (C=O) groups excluding carboxylic acids is 1. The van der Waals surface area contributed by atoms with Crippen LogP contribution in [-0.4, -0.2) is 25.3 Å². The van der Waals surface area contributed by atoms with Crippen LogP contribution in [0.3, 0.4) is 0 Å². The van der Waals surface area contributed by atoms with E-state index in [9.17, 15) is 9.90 Å². The lowest BCUT2D eigenvalue weighted by atomic mass is 10.1. The zero-order chi connectivity index (χ0) is 12.1. The van der Waals surface area contributed by atoms with E-state index in [1.54, 1.807) is 18.2 Å². The second kappa shape index (κ2) is 5.72. The Labute approximate surface area is 98.7 Å². The highest BCUT2D eigenvalue weighted by molar-refractivity contribution is 6.30. The molecule has 4 nitrogen and oxygen atoms in total. The molecule has 0 saturated carbocycles. The molecule has 5 heteroatoms. The SMILES string of the molecule is COC(=O)C[C@@H](O)c1cc(Cl)ccc1OC. The number of halogens is 1. The van der Waals surface area contributed by atoms with Gasteiger partial charge < -0.3 is 14.6 Å². The highest BCUT2D eigenvalue weighted by Crippen LogP contribution is 2.30. The predicted molar refractivity (Wildman–Crippen MR) is 59.6 cm³/mol. The van der Waals surface area contributed by atoms with Crippen LogP contribution >= 0.6 is 11.6 Å². The molecule has 0 bridgehead atoms. The molecule has 0 radical (unpaired) electrons. The van der Waals surface area contributed by atoms with Crippen molar-refractivity contribution in [2.24, 2.45) is 0 Å². The Morgan fingerprint density at radius 2 is 2.19 bits per heavy atom. The fraction of sp³-hybridized carbons (Fsp3) is 0.364. The van der Waals surface area contributed by atoms with Gasteiger partial charge in [0, 0.05) is 10.6 Å². The summed E-state index contributed by atoms with van der Waals surface area (Å²) >= 11 is 5.81. The van der Waals surface area contributed by atoms with Gasteiger partial charge in [0.2, 0.25) is 0 Å². The summed E-state index contributed by atoms with van der Waals surface area (Å²) in [7, 11) is 2.75. The summed E-state index contributed by atoms with van der Waals surface area (Å²) in [4.78, 5) is 11.0. The third kappa shape index (κ3) is 3.12. The molecular weight excluding hydrogens is 232 g/mol. The first-order chi connectivity index (χ1) is 7.58. The van der Waals surface area contributed by atoms with Crippen LogP contribution in [0.5, 0.6) is 5.75 Å². The molecule has 1 aromatic rings. The maximum absolute atomic E-state index is 11.0. The summed E-state index contributed by atoms with van der Waals surface area (Å²) in [5.41, 5.74) is 0.473. The summed E-state index contributed by atoms with van der Waals surface area (Å²) < 4.78 is 9.54. The van der Waals surface area contributed by atoms with Gasteiger partial charge in [-0.3, -0.25) is 4.79 Å². The van der Waals surface area contributed by atoms with Gasteiger partial charge in [0.05, 0.1) is 26.7 Å². The van der Waals surface area contributed by atoms with Crippen LogP contribution in [0.4, 0.5) is 0 Å². The molecule has 0 aliphatic carbocycles.